The number of nitrogens with two attached hydrogens (primary N) is 1. The molecule has 1 amide bonds. The van der Waals surface area contributed by atoms with Gasteiger partial charge in [0.1, 0.15) is 5.75 Å². The number of carbonyl (C=O) groups excluding carboxylic acids is 1. The summed E-state index contributed by atoms with van der Waals surface area (Å²) >= 11 is 0. The standard InChI is InChI=1S/C18H17N5O2/c1-12(18(24)23-19)25-14-7-5-13(6-8-14)17-21-11-9-16(22-17)15-4-2-3-10-20-15/h2-12H,19H2,1H3,(H,23,24)/t12-/m0/s1. The van der Waals surface area contributed by atoms with Gasteiger partial charge in [0.2, 0.25) is 0 Å². The lowest BCUT2D eigenvalue weighted by Gasteiger charge is -2.13. The molecular weight excluding hydrogens is 318 g/mol. The molecular formula is C18H17N5O2. The fourth-order valence-corrected chi connectivity index (χ4v) is 2.21. The highest BCUT2D eigenvalue weighted by atomic mass is 16.5. The first kappa shape index (κ1) is 16.5. The minimum Gasteiger partial charge on any atom is -0.481 e. The molecule has 0 saturated heterocycles. The van der Waals surface area contributed by atoms with Crippen LogP contribution in [-0.4, -0.2) is 27.0 Å². The molecule has 3 N–H and O–H groups in total. The minimum absolute atomic E-state index is 0.393. The van der Waals surface area contributed by atoms with Crippen LogP contribution in [0.2, 0.25) is 0 Å². The van der Waals surface area contributed by atoms with E-state index < -0.39 is 12.0 Å². The molecule has 7 heteroatoms. The summed E-state index contributed by atoms with van der Waals surface area (Å²) in [4.78, 5) is 24.5. The quantitative estimate of drug-likeness (QED) is 0.420. The molecule has 0 fully saturated rings. The number of rotatable bonds is 5. The first-order chi connectivity index (χ1) is 12.2. The summed E-state index contributed by atoms with van der Waals surface area (Å²) in [6.07, 6.45) is 2.74. The van der Waals surface area contributed by atoms with Crippen LogP contribution in [0.1, 0.15) is 6.92 Å². The zero-order valence-electron chi connectivity index (χ0n) is 13.6. The van der Waals surface area contributed by atoms with Gasteiger partial charge in [0, 0.05) is 18.0 Å². The van der Waals surface area contributed by atoms with E-state index in [9.17, 15) is 4.79 Å². The van der Waals surface area contributed by atoms with Crippen molar-refractivity contribution in [3.05, 3.63) is 60.9 Å². The Kier molecular flexibility index (Phi) is 4.96. The second-order valence-electron chi connectivity index (χ2n) is 5.27. The third kappa shape index (κ3) is 3.96. The number of ether oxygens (including phenoxy) is 1. The smallest absolute Gasteiger partial charge is 0.274 e. The van der Waals surface area contributed by atoms with Crippen LogP contribution in [0.3, 0.4) is 0 Å². The number of hydrogen-bond donors (Lipinski definition) is 2. The Bertz CT molecular complexity index is 853. The zero-order chi connectivity index (χ0) is 17.6. The van der Waals surface area contributed by atoms with Gasteiger partial charge in [-0.05, 0) is 49.4 Å². The molecule has 2 aromatic heterocycles. The van der Waals surface area contributed by atoms with Crippen LogP contribution in [0.25, 0.3) is 22.8 Å². The first-order valence-corrected chi connectivity index (χ1v) is 7.69. The van der Waals surface area contributed by atoms with E-state index in [4.69, 9.17) is 10.6 Å². The summed E-state index contributed by atoms with van der Waals surface area (Å²) in [7, 11) is 0. The third-order valence-electron chi connectivity index (χ3n) is 3.52. The lowest BCUT2D eigenvalue weighted by Crippen LogP contribution is -2.40. The maximum absolute atomic E-state index is 11.4. The van der Waals surface area contributed by atoms with Crippen molar-refractivity contribution < 1.29 is 9.53 Å². The number of pyridine rings is 1. The summed E-state index contributed by atoms with van der Waals surface area (Å²) in [5.41, 5.74) is 4.42. The molecule has 0 aliphatic heterocycles. The predicted octanol–water partition coefficient (Wildman–Crippen LogP) is 1.96. The molecule has 0 spiro atoms. The van der Waals surface area contributed by atoms with Crippen molar-refractivity contribution in [1.82, 2.24) is 20.4 Å². The van der Waals surface area contributed by atoms with Crippen molar-refractivity contribution in [1.29, 1.82) is 0 Å². The van der Waals surface area contributed by atoms with E-state index in [1.807, 2.05) is 36.4 Å². The van der Waals surface area contributed by atoms with Gasteiger partial charge >= 0.3 is 0 Å². The number of hydrazine groups is 1. The summed E-state index contributed by atoms with van der Waals surface area (Å²) in [5.74, 6) is 5.84. The summed E-state index contributed by atoms with van der Waals surface area (Å²) in [6.45, 7) is 1.62. The van der Waals surface area contributed by atoms with E-state index in [0.29, 0.717) is 11.6 Å². The van der Waals surface area contributed by atoms with Gasteiger partial charge in [-0.1, -0.05) is 6.07 Å². The van der Waals surface area contributed by atoms with E-state index in [2.05, 4.69) is 20.4 Å². The van der Waals surface area contributed by atoms with E-state index in [1.54, 1.807) is 31.5 Å². The van der Waals surface area contributed by atoms with Crippen LogP contribution in [0.5, 0.6) is 5.75 Å². The Balaban J connectivity index is 1.80. The molecule has 2 heterocycles. The first-order valence-electron chi connectivity index (χ1n) is 7.69. The molecule has 0 radical (unpaired) electrons. The number of nitrogens with one attached hydrogen (secondary N) is 1. The highest BCUT2D eigenvalue weighted by Gasteiger charge is 2.13. The lowest BCUT2D eigenvalue weighted by atomic mass is 10.2. The van der Waals surface area contributed by atoms with Crippen molar-refractivity contribution in [3.8, 4) is 28.5 Å². The van der Waals surface area contributed by atoms with Gasteiger partial charge < -0.3 is 4.74 Å². The van der Waals surface area contributed by atoms with Gasteiger partial charge in [-0.15, -0.1) is 0 Å². The van der Waals surface area contributed by atoms with Gasteiger partial charge in [-0.25, -0.2) is 15.8 Å². The van der Waals surface area contributed by atoms with Crippen LogP contribution < -0.4 is 16.0 Å². The molecule has 1 atom stereocenters. The SMILES string of the molecule is C[C@H](Oc1ccc(-c2nccc(-c3ccccn3)n2)cc1)C(=O)NN. The largest absolute Gasteiger partial charge is 0.481 e. The van der Waals surface area contributed by atoms with Crippen molar-refractivity contribution in [2.75, 3.05) is 0 Å². The summed E-state index contributed by atoms with van der Waals surface area (Å²) < 4.78 is 5.51. The van der Waals surface area contributed by atoms with E-state index in [0.717, 1.165) is 17.0 Å². The number of hydrogen-bond acceptors (Lipinski definition) is 6. The molecule has 0 aliphatic carbocycles. The molecule has 7 nitrogen and oxygen atoms in total. The van der Waals surface area contributed by atoms with E-state index in [-0.39, 0.29) is 0 Å². The fourth-order valence-electron chi connectivity index (χ4n) is 2.21. The Morgan fingerprint density at radius 2 is 1.84 bits per heavy atom. The second-order valence-corrected chi connectivity index (χ2v) is 5.27. The van der Waals surface area contributed by atoms with Crippen LogP contribution in [0, 0.1) is 0 Å². The number of aromatic nitrogens is 3. The highest BCUT2D eigenvalue weighted by Crippen LogP contribution is 2.22. The minimum atomic E-state index is -0.681. The Morgan fingerprint density at radius 1 is 1.04 bits per heavy atom. The maximum atomic E-state index is 11.4. The normalized spacial score (nSPS) is 11.6. The molecule has 0 aliphatic rings. The second kappa shape index (κ2) is 7.50. The van der Waals surface area contributed by atoms with Gasteiger partial charge in [0.25, 0.3) is 5.91 Å². The molecule has 1 aromatic carbocycles. The van der Waals surface area contributed by atoms with Crippen LogP contribution in [0.15, 0.2) is 60.9 Å². The molecule has 0 unspecified atom stereocenters. The zero-order valence-corrected chi connectivity index (χ0v) is 13.6. The molecule has 0 bridgehead atoms. The van der Waals surface area contributed by atoms with Gasteiger partial charge in [0.15, 0.2) is 11.9 Å². The maximum Gasteiger partial charge on any atom is 0.274 e. The predicted molar refractivity (Wildman–Crippen MR) is 93.1 cm³/mol. The summed E-state index contributed by atoms with van der Waals surface area (Å²) in [6, 6.07) is 14.7. The average Bonchev–Trinajstić information content (AvgIpc) is 2.68. The Morgan fingerprint density at radius 3 is 2.52 bits per heavy atom. The third-order valence-corrected chi connectivity index (χ3v) is 3.52. The molecule has 3 rings (SSSR count). The summed E-state index contributed by atoms with van der Waals surface area (Å²) in [5, 5.41) is 0. The average molecular weight is 335 g/mol. The number of carbonyl (C=O) groups is 1. The Hall–Kier alpha value is -3.32. The molecule has 126 valence electrons. The van der Waals surface area contributed by atoms with E-state index >= 15 is 0 Å². The molecule has 25 heavy (non-hydrogen) atoms. The van der Waals surface area contributed by atoms with Crippen LogP contribution in [-0.2, 0) is 4.79 Å². The van der Waals surface area contributed by atoms with E-state index in [1.165, 1.54) is 0 Å². The molecule has 3 aromatic rings. The van der Waals surface area contributed by atoms with Crippen LogP contribution in [0.4, 0.5) is 0 Å². The van der Waals surface area contributed by atoms with Crippen molar-refractivity contribution in [2.45, 2.75) is 13.0 Å². The molecule has 0 saturated carbocycles. The van der Waals surface area contributed by atoms with Gasteiger partial charge in [-0.3, -0.25) is 15.2 Å². The van der Waals surface area contributed by atoms with Gasteiger partial charge in [0.05, 0.1) is 11.4 Å². The number of nitrogens with zero attached hydrogens (tertiary/aromatic N) is 3. The highest BCUT2D eigenvalue weighted by molar-refractivity contribution is 5.80. The van der Waals surface area contributed by atoms with Crippen LogP contribution >= 0.6 is 0 Å². The number of amides is 1. The Labute approximate surface area is 144 Å². The number of benzene rings is 1. The van der Waals surface area contributed by atoms with Crippen molar-refractivity contribution in [2.24, 2.45) is 5.84 Å². The topological polar surface area (TPSA) is 103 Å². The lowest BCUT2D eigenvalue weighted by molar-refractivity contribution is -0.127. The fraction of sp³-hybridized carbons (Fsp3) is 0.111. The van der Waals surface area contributed by atoms with Crippen molar-refractivity contribution >= 4 is 5.91 Å². The van der Waals surface area contributed by atoms with Gasteiger partial charge in [-0.2, -0.15) is 0 Å². The van der Waals surface area contributed by atoms with Crippen molar-refractivity contribution in [3.63, 3.8) is 0 Å². The monoisotopic (exact) mass is 335 g/mol.